The molecule has 1 aliphatic heterocycles. The molecule has 1 aliphatic rings. The summed E-state index contributed by atoms with van der Waals surface area (Å²) < 4.78 is 9.66. The number of esters is 1. The SMILES string of the molecule is CCOC(=O)[C@@H]1CC(=O)[C@H](c2ccccc2)N1C(=O)OC. The third-order valence-corrected chi connectivity index (χ3v) is 3.37. The second-order valence-electron chi connectivity index (χ2n) is 4.63. The molecule has 0 aliphatic carbocycles. The number of nitrogens with zero attached hydrogens (tertiary/aromatic N) is 1. The first-order valence-electron chi connectivity index (χ1n) is 6.70. The van der Waals surface area contributed by atoms with Crippen molar-refractivity contribution in [3.63, 3.8) is 0 Å². The zero-order chi connectivity index (χ0) is 15.4. The molecule has 1 fully saturated rings. The molecular weight excluding hydrogens is 274 g/mol. The molecule has 0 N–H and O–H groups in total. The molecule has 1 heterocycles. The maximum Gasteiger partial charge on any atom is 0.411 e. The van der Waals surface area contributed by atoms with Crippen molar-refractivity contribution >= 4 is 17.8 Å². The van der Waals surface area contributed by atoms with Crippen molar-refractivity contribution in [2.24, 2.45) is 0 Å². The van der Waals surface area contributed by atoms with Gasteiger partial charge in [-0.15, -0.1) is 0 Å². The average Bonchev–Trinajstić information content (AvgIpc) is 2.85. The number of hydrogen-bond donors (Lipinski definition) is 0. The predicted molar refractivity (Wildman–Crippen MR) is 73.5 cm³/mol. The summed E-state index contributed by atoms with van der Waals surface area (Å²) >= 11 is 0. The molecule has 0 spiro atoms. The number of ketones is 1. The fraction of sp³-hybridized carbons (Fsp3) is 0.400. The Morgan fingerprint density at radius 3 is 2.52 bits per heavy atom. The number of carbonyl (C=O) groups is 3. The molecule has 1 amide bonds. The first-order chi connectivity index (χ1) is 10.1. The third kappa shape index (κ3) is 2.89. The third-order valence-electron chi connectivity index (χ3n) is 3.37. The number of likely N-dealkylation sites (tertiary alicyclic amines) is 1. The highest BCUT2D eigenvalue weighted by Gasteiger charge is 2.48. The summed E-state index contributed by atoms with van der Waals surface area (Å²) in [5, 5.41) is 0. The fourth-order valence-electron chi connectivity index (χ4n) is 2.49. The van der Waals surface area contributed by atoms with E-state index >= 15 is 0 Å². The highest BCUT2D eigenvalue weighted by Crippen LogP contribution is 2.34. The van der Waals surface area contributed by atoms with Crippen molar-refractivity contribution in [1.29, 1.82) is 0 Å². The Bertz CT molecular complexity index is 542. The summed E-state index contributed by atoms with van der Waals surface area (Å²) in [5.41, 5.74) is 0.652. The van der Waals surface area contributed by atoms with Crippen LogP contribution in [0.1, 0.15) is 24.9 Å². The molecule has 0 radical (unpaired) electrons. The van der Waals surface area contributed by atoms with Gasteiger partial charge in [0.1, 0.15) is 12.1 Å². The van der Waals surface area contributed by atoms with Crippen molar-refractivity contribution < 1.29 is 23.9 Å². The van der Waals surface area contributed by atoms with E-state index in [2.05, 4.69) is 0 Å². The van der Waals surface area contributed by atoms with Crippen LogP contribution in [0.15, 0.2) is 30.3 Å². The summed E-state index contributed by atoms with van der Waals surface area (Å²) in [7, 11) is 1.22. The Hall–Kier alpha value is -2.37. The lowest BCUT2D eigenvalue weighted by Gasteiger charge is -2.26. The normalized spacial score (nSPS) is 21.2. The first kappa shape index (κ1) is 15.0. The molecule has 21 heavy (non-hydrogen) atoms. The van der Waals surface area contributed by atoms with Gasteiger partial charge in [0.2, 0.25) is 0 Å². The van der Waals surface area contributed by atoms with E-state index in [1.807, 2.05) is 6.07 Å². The van der Waals surface area contributed by atoms with Crippen molar-refractivity contribution in [1.82, 2.24) is 4.90 Å². The molecule has 0 bridgehead atoms. The van der Waals surface area contributed by atoms with Crippen LogP contribution in [-0.4, -0.2) is 42.5 Å². The van der Waals surface area contributed by atoms with Gasteiger partial charge in [0, 0.05) is 6.42 Å². The van der Waals surface area contributed by atoms with Crippen LogP contribution in [0.25, 0.3) is 0 Å². The van der Waals surface area contributed by atoms with E-state index in [9.17, 15) is 14.4 Å². The topological polar surface area (TPSA) is 72.9 Å². The average molecular weight is 291 g/mol. The minimum absolute atomic E-state index is 0.0620. The first-order valence-corrected chi connectivity index (χ1v) is 6.70. The maximum absolute atomic E-state index is 12.3. The van der Waals surface area contributed by atoms with Gasteiger partial charge in [-0.2, -0.15) is 0 Å². The second kappa shape index (κ2) is 6.39. The minimum atomic E-state index is -0.935. The smallest absolute Gasteiger partial charge is 0.411 e. The predicted octanol–water partition coefficient (Wildman–Crippen LogP) is 1.70. The van der Waals surface area contributed by atoms with Gasteiger partial charge < -0.3 is 9.47 Å². The molecule has 0 unspecified atom stereocenters. The van der Waals surface area contributed by atoms with Crippen molar-refractivity contribution in [2.75, 3.05) is 13.7 Å². The monoisotopic (exact) mass is 291 g/mol. The number of methoxy groups -OCH3 is 1. The Balaban J connectivity index is 2.37. The highest BCUT2D eigenvalue weighted by atomic mass is 16.6. The van der Waals surface area contributed by atoms with Crippen LogP contribution in [0, 0.1) is 0 Å². The molecule has 6 heteroatoms. The van der Waals surface area contributed by atoms with Crippen molar-refractivity contribution in [2.45, 2.75) is 25.4 Å². The van der Waals surface area contributed by atoms with Crippen molar-refractivity contribution in [3.05, 3.63) is 35.9 Å². The Kier molecular flexibility index (Phi) is 4.57. The highest BCUT2D eigenvalue weighted by molar-refractivity contribution is 5.98. The molecule has 2 atom stereocenters. The Morgan fingerprint density at radius 2 is 1.95 bits per heavy atom. The summed E-state index contributed by atoms with van der Waals surface area (Å²) in [6, 6.07) is 7.10. The van der Waals surface area contributed by atoms with Crippen LogP contribution in [0.5, 0.6) is 0 Å². The molecule has 0 saturated carbocycles. The van der Waals surface area contributed by atoms with Crippen LogP contribution in [0.2, 0.25) is 0 Å². The lowest BCUT2D eigenvalue weighted by molar-refractivity contribution is -0.148. The fourth-order valence-corrected chi connectivity index (χ4v) is 2.49. The van der Waals surface area contributed by atoms with Crippen LogP contribution >= 0.6 is 0 Å². The van der Waals surface area contributed by atoms with Gasteiger partial charge in [-0.1, -0.05) is 30.3 Å². The molecule has 0 aromatic heterocycles. The molecule has 6 nitrogen and oxygen atoms in total. The molecule has 2 rings (SSSR count). The van der Waals surface area contributed by atoms with E-state index in [4.69, 9.17) is 9.47 Å². The van der Waals surface area contributed by atoms with Gasteiger partial charge >= 0.3 is 12.1 Å². The Labute approximate surface area is 122 Å². The van der Waals surface area contributed by atoms with E-state index in [0.29, 0.717) is 5.56 Å². The zero-order valence-electron chi connectivity index (χ0n) is 11.9. The quantitative estimate of drug-likeness (QED) is 0.793. The molecule has 1 aromatic rings. The number of carbonyl (C=O) groups excluding carboxylic acids is 3. The van der Waals surface area contributed by atoms with Gasteiger partial charge in [-0.25, -0.2) is 9.59 Å². The standard InChI is InChI=1S/C15H17NO5/c1-3-21-14(18)11-9-12(17)13(16(11)15(19)20-2)10-7-5-4-6-8-10/h4-8,11,13H,3,9H2,1-2H3/t11-,13-/m0/s1. The number of hydrogen-bond acceptors (Lipinski definition) is 5. The van der Waals surface area contributed by atoms with Crippen LogP contribution in [0.3, 0.4) is 0 Å². The van der Waals surface area contributed by atoms with Crippen LogP contribution in [0.4, 0.5) is 4.79 Å². The number of ether oxygens (including phenoxy) is 2. The van der Waals surface area contributed by atoms with Gasteiger partial charge in [-0.05, 0) is 12.5 Å². The van der Waals surface area contributed by atoms with Gasteiger partial charge in [-0.3, -0.25) is 9.69 Å². The summed E-state index contributed by atoms with van der Waals surface area (Å²) in [6.07, 6.45) is -0.777. The minimum Gasteiger partial charge on any atom is -0.464 e. The molecule has 112 valence electrons. The number of benzene rings is 1. The van der Waals surface area contributed by atoms with Gasteiger partial charge in [0.05, 0.1) is 13.7 Å². The summed E-state index contributed by atoms with van der Waals surface area (Å²) in [6.45, 7) is 1.86. The second-order valence-corrected chi connectivity index (χ2v) is 4.63. The largest absolute Gasteiger partial charge is 0.464 e. The van der Waals surface area contributed by atoms with E-state index in [-0.39, 0.29) is 18.8 Å². The van der Waals surface area contributed by atoms with Gasteiger partial charge in [0.25, 0.3) is 0 Å². The molecular formula is C15H17NO5. The van der Waals surface area contributed by atoms with E-state index < -0.39 is 24.1 Å². The lowest BCUT2D eigenvalue weighted by atomic mass is 10.0. The summed E-state index contributed by atoms with van der Waals surface area (Å²) in [4.78, 5) is 37.4. The maximum atomic E-state index is 12.3. The van der Waals surface area contributed by atoms with Crippen molar-refractivity contribution in [3.8, 4) is 0 Å². The lowest BCUT2D eigenvalue weighted by Crippen LogP contribution is -2.42. The number of amides is 1. The molecule has 1 aromatic carbocycles. The van der Waals surface area contributed by atoms with Crippen LogP contribution in [-0.2, 0) is 19.1 Å². The van der Waals surface area contributed by atoms with Gasteiger partial charge in [0.15, 0.2) is 5.78 Å². The van der Waals surface area contributed by atoms with E-state index in [1.54, 1.807) is 31.2 Å². The number of Topliss-reactive ketones (excluding diaryl/α,β-unsaturated/α-hetero) is 1. The zero-order valence-corrected chi connectivity index (χ0v) is 11.9. The van der Waals surface area contributed by atoms with E-state index in [1.165, 1.54) is 7.11 Å². The Morgan fingerprint density at radius 1 is 1.29 bits per heavy atom. The van der Waals surface area contributed by atoms with E-state index in [0.717, 1.165) is 4.90 Å². The summed E-state index contributed by atoms with van der Waals surface area (Å²) in [5.74, 6) is -0.792. The molecule has 1 saturated heterocycles. The van der Waals surface area contributed by atoms with Crippen LogP contribution < -0.4 is 0 Å². The number of rotatable bonds is 3.